The Balaban J connectivity index is 1.91. The first-order valence-corrected chi connectivity index (χ1v) is 10.7. The van der Waals surface area contributed by atoms with E-state index in [4.69, 9.17) is 0 Å². The van der Waals surface area contributed by atoms with Crippen molar-refractivity contribution in [2.24, 2.45) is 0 Å². The number of hydrogen-bond donors (Lipinski definition) is 0. The molecule has 0 amide bonds. The fraction of sp³-hybridized carbons (Fsp3) is 0.467. The summed E-state index contributed by atoms with van der Waals surface area (Å²) < 4.78 is 28.1. The molecule has 0 bridgehead atoms. The largest absolute Gasteiger partial charge is 0.364 e. The smallest absolute Gasteiger partial charge is 0.311 e. The van der Waals surface area contributed by atoms with Crippen molar-refractivity contribution in [3.63, 3.8) is 0 Å². The number of nitro groups is 1. The summed E-state index contributed by atoms with van der Waals surface area (Å²) >= 11 is 1.33. The van der Waals surface area contributed by atoms with Gasteiger partial charge in [-0.1, -0.05) is 6.07 Å². The maximum Gasteiger partial charge on any atom is 0.311 e. The molecule has 0 radical (unpaired) electrons. The molecule has 11 heteroatoms. The quantitative estimate of drug-likeness (QED) is 0.568. The first-order chi connectivity index (χ1) is 12.3. The van der Waals surface area contributed by atoms with E-state index in [1.54, 1.807) is 12.1 Å². The SMILES string of the molecule is Cc1nsc(N2CCCN(c3cccc(S(C)(=O)=O)c3[N+](=O)[O-])CC2)n1. The highest BCUT2D eigenvalue weighted by atomic mass is 32.2. The van der Waals surface area contributed by atoms with Crippen molar-refractivity contribution in [2.75, 3.05) is 42.2 Å². The minimum Gasteiger partial charge on any atom is -0.364 e. The van der Waals surface area contributed by atoms with Crippen LogP contribution in [-0.4, -0.2) is 55.1 Å². The third-order valence-corrected chi connectivity index (χ3v) is 6.18. The van der Waals surface area contributed by atoms with Gasteiger partial charge in [0.05, 0.1) is 4.92 Å². The summed E-state index contributed by atoms with van der Waals surface area (Å²) in [4.78, 5) is 19.1. The molecule has 0 saturated carbocycles. The number of anilines is 2. The standard InChI is InChI=1S/C15H19N5O4S2/c1-11-16-15(25-17-11)19-8-4-7-18(9-10-19)12-5-3-6-13(26(2,23)24)14(12)20(21)22/h3,5-6H,4,7-10H2,1-2H3. The third-order valence-electron chi connectivity index (χ3n) is 4.18. The Morgan fingerprint density at radius 2 is 1.88 bits per heavy atom. The van der Waals surface area contributed by atoms with Crippen LogP contribution < -0.4 is 9.80 Å². The number of hydrogen-bond acceptors (Lipinski definition) is 9. The van der Waals surface area contributed by atoms with Gasteiger partial charge in [-0.15, -0.1) is 0 Å². The fourth-order valence-corrected chi connectivity index (χ4v) is 4.59. The number of aryl methyl sites for hydroxylation is 1. The molecular formula is C15H19N5O4S2. The Hall–Kier alpha value is -2.27. The Kier molecular flexibility index (Phi) is 5.10. The molecule has 1 saturated heterocycles. The lowest BCUT2D eigenvalue weighted by molar-refractivity contribution is -0.387. The van der Waals surface area contributed by atoms with Crippen molar-refractivity contribution in [3.05, 3.63) is 34.1 Å². The van der Waals surface area contributed by atoms with Gasteiger partial charge in [-0.3, -0.25) is 10.1 Å². The van der Waals surface area contributed by atoms with Crippen molar-refractivity contribution >= 4 is 37.9 Å². The highest BCUT2D eigenvalue weighted by Gasteiger charge is 2.30. The minimum atomic E-state index is -3.70. The lowest BCUT2D eigenvalue weighted by Gasteiger charge is -2.23. The van der Waals surface area contributed by atoms with E-state index in [0.717, 1.165) is 30.2 Å². The zero-order chi connectivity index (χ0) is 18.9. The van der Waals surface area contributed by atoms with E-state index in [-0.39, 0.29) is 10.6 Å². The summed E-state index contributed by atoms with van der Waals surface area (Å²) in [6.07, 6.45) is 1.76. The molecule has 0 atom stereocenters. The van der Waals surface area contributed by atoms with E-state index < -0.39 is 14.8 Å². The van der Waals surface area contributed by atoms with E-state index in [1.165, 1.54) is 17.6 Å². The van der Waals surface area contributed by atoms with Gasteiger partial charge in [0.15, 0.2) is 9.84 Å². The molecule has 1 aromatic carbocycles. The molecule has 1 fully saturated rings. The van der Waals surface area contributed by atoms with Crippen LogP contribution in [0.25, 0.3) is 0 Å². The second-order valence-electron chi connectivity index (χ2n) is 6.10. The Morgan fingerprint density at radius 1 is 1.19 bits per heavy atom. The third kappa shape index (κ3) is 3.78. The normalized spacial score (nSPS) is 15.8. The molecule has 0 aliphatic carbocycles. The summed E-state index contributed by atoms with van der Waals surface area (Å²) in [6, 6.07) is 4.44. The topological polar surface area (TPSA) is 110 Å². The second-order valence-corrected chi connectivity index (χ2v) is 8.82. The van der Waals surface area contributed by atoms with Gasteiger partial charge in [0, 0.05) is 44.0 Å². The summed E-state index contributed by atoms with van der Waals surface area (Å²) in [5.41, 5.74) is -0.0107. The summed E-state index contributed by atoms with van der Waals surface area (Å²) in [5, 5.41) is 12.4. The van der Waals surface area contributed by atoms with Gasteiger partial charge < -0.3 is 9.80 Å². The monoisotopic (exact) mass is 397 g/mol. The van der Waals surface area contributed by atoms with Gasteiger partial charge in [0.25, 0.3) is 0 Å². The van der Waals surface area contributed by atoms with Crippen LogP contribution in [0.3, 0.4) is 0 Å². The van der Waals surface area contributed by atoms with Gasteiger partial charge in [0.2, 0.25) is 5.13 Å². The summed E-state index contributed by atoms with van der Waals surface area (Å²) in [5.74, 6) is 0.725. The number of rotatable bonds is 4. The van der Waals surface area contributed by atoms with Crippen LogP contribution in [-0.2, 0) is 9.84 Å². The maximum absolute atomic E-state index is 12.0. The lowest BCUT2D eigenvalue weighted by Crippen LogP contribution is -2.31. The van der Waals surface area contributed by atoms with E-state index in [1.807, 2.05) is 11.8 Å². The average Bonchev–Trinajstić information content (AvgIpc) is 2.86. The number of aromatic nitrogens is 2. The van der Waals surface area contributed by atoms with Gasteiger partial charge in [-0.05, 0) is 25.5 Å². The Labute approximate surface area is 155 Å². The van der Waals surface area contributed by atoms with Crippen LogP contribution in [0, 0.1) is 17.0 Å². The molecule has 1 aliphatic rings. The molecule has 9 nitrogen and oxygen atoms in total. The summed E-state index contributed by atoms with van der Waals surface area (Å²) in [6.45, 7) is 4.37. The second kappa shape index (κ2) is 7.16. The number of para-hydroxylation sites is 1. The average molecular weight is 397 g/mol. The van der Waals surface area contributed by atoms with Crippen LogP contribution in [0.5, 0.6) is 0 Å². The van der Waals surface area contributed by atoms with Gasteiger partial charge in [0.1, 0.15) is 16.4 Å². The van der Waals surface area contributed by atoms with Crippen molar-refractivity contribution < 1.29 is 13.3 Å². The molecule has 26 heavy (non-hydrogen) atoms. The predicted molar refractivity (Wildman–Crippen MR) is 99.9 cm³/mol. The molecule has 0 spiro atoms. The Morgan fingerprint density at radius 3 is 2.50 bits per heavy atom. The molecule has 140 valence electrons. The first kappa shape index (κ1) is 18.5. The van der Waals surface area contributed by atoms with Crippen molar-refractivity contribution in [1.82, 2.24) is 9.36 Å². The molecule has 1 aromatic heterocycles. The van der Waals surface area contributed by atoms with E-state index in [9.17, 15) is 18.5 Å². The minimum absolute atomic E-state index is 0.249. The molecule has 2 aromatic rings. The highest BCUT2D eigenvalue weighted by Crippen LogP contribution is 2.35. The number of nitro benzene ring substituents is 1. The van der Waals surface area contributed by atoms with Crippen LogP contribution in [0.1, 0.15) is 12.2 Å². The van der Waals surface area contributed by atoms with Crippen LogP contribution in [0.2, 0.25) is 0 Å². The van der Waals surface area contributed by atoms with E-state index >= 15 is 0 Å². The van der Waals surface area contributed by atoms with Crippen LogP contribution >= 0.6 is 11.5 Å². The van der Waals surface area contributed by atoms with Gasteiger partial charge >= 0.3 is 5.69 Å². The van der Waals surface area contributed by atoms with Crippen molar-refractivity contribution in [1.29, 1.82) is 0 Å². The van der Waals surface area contributed by atoms with Gasteiger partial charge in [-0.2, -0.15) is 4.37 Å². The Bertz CT molecular complexity index is 928. The molecule has 1 aliphatic heterocycles. The number of sulfone groups is 1. The van der Waals surface area contributed by atoms with Crippen molar-refractivity contribution in [2.45, 2.75) is 18.2 Å². The van der Waals surface area contributed by atoms with Crippen LogP contribution in [0.15, 0.2) is 23.1 Å². The molecule has 0 N–H and O–H groups in total. The van der Waals surface area contributed by atoms with E-state index in [2.05, 4.69) is 14.3 Å². The zero-order valence-electron chi connectivity index (χ0n) is 14.5. The number of nitrogens with zero attached hydrogens (tertiary/aromatic N) is 5. The number of benzene rings is 1. The molecule has 0 unspecified atom stereocenters. The summed E-state index contributed by atoms with van der Waals surface area (Å²) in [7, 11) is -3.70. The molecule has 2 heterocycles. The fourth-order valence-electron chi connectivity index (χ4n) is 3.01. The van der Waals surface area contributed by atoms with Crippen molar-refractivity contribution in [3.8, 4) is 0 Å². The van der Waals surface area contributed by atoms with Crippen LogP contribution in [0.4, 0.5) is 16.5 Å². The first-order valence-electron chi connectivity index (χ1n) is 8.05. The highest BCUT2D eigenvalue weighted by molar-refractivity contribution is 7.90. The predicted octanol–water partition coefficient (Wildman–Crippen LogP) is 1.87. The lowest BCUT2D eigenvalue weighted by atomic mass is 10.2. The molecular weight excluding hydrogens is 378 g/mol. The zero-order valence-corrected chi connectivity index (χ0v) is 16.1. The van der Waals surface area contributed by atoms with Gasteiger partial charge in [-0.25, -0.2) is 13.4 Å². The van der Waals surface area contributed by atoms with E-state index in [0.29, 0.717) is 25.3 Å². The molecule has 3 rings (SSSR count). The maximum atomic E-state index is 12.0.